The van der Waals surface area contributed by atoms with Gasteiger partial charge in [0.1, 0.15) is 5.75 Å². The molecule has 1 aromatic carbocycles. The molecule has 0 amide bonds. The van der Waals surface area contributed by atoms with Crippen LogP contribution >= 0.6 is 0 Å². The van der Waals surface area contributed by atoms with Crippen LogP contribution in [-0.2, 0) is 9.31 Å². The fourth-order valence-corrected chi connectivity index (χ4v) is 2.33. The molecule has 0 bridgehead atoms. The molecule has 0 aliphatic carbocycles. The molecule has 24 heavy (non-hydrogen) atoms. The lowest BCUT2D eigenvalue weighted by Crippen LogP contribution is -2.41. The van der Waals surface area contributed by atoms with Gasteiger partial charge in [0.25, 0.3) is 5.69 Å². The average Bonchev–Trinajstić information content (AvgIpc) is 2.64. The number of nitrogen functional groups attached to an aromatic ring is 1. The first kappa shape index (κ1) is 18.5. The highest BCUT2D eigenvalue weighted by Crippen LogP contribution is 2.39. The van der Waals surface area contributed by atoms with E-state index in [4.69, 9.17) is 19.8 Å². The lowest BCUT2D eigenvalue weighted by atomic mass is 9.77. The molecular formula is C16H25BN2O5. The molecule has 2 N–H and O–H groups in total. The Labute approximate surface area is 142 Å². The number of nitrogens with two attached hydrogens (primary N) is 1. The van der Waals surface area contributed by atoms with Gasteiger partial charge in [-0.1, -0.05) is 19.9 Å². The summed E-state index contributed by atoms with van der Waals surface area (Å²) in [5.74, 6) is 0.506. The predicted molar refractivity (Wildman–Crippen MR) is 93.6 cm³/mol. The van der Waals surface area contributed by atoms with E-state index < -0.39 is 23.2 Å². The number of nitro groups is 1. The van der Waals surface area contributed by atoms with Crippen molar-refractivity contribution in [3.05, 3.63) is 22.2 Å². The van der Waals surface area contributed by atoms with Crippen molar-refractivity contribution in [1.29, 1.82) is 0 Å². The number of nitrogens with zero attached hydrogens (tertiary/aromatic N) is 1. The molecule has 0 spiro atoms. The van der Waals surface area contributed by atoms with E-state index in [-0.39, 0.29) is 23.0 Å². The third kappa shape index (κ3) is 3.34. The normalized spacial score (nSPS) is 18.9. The molecule has 0 unspecified atom stereocenters. The highest BCUT2D eigenvalue weighted by atomic mass is 16.7. The van der Waals surface area contributed by atoms with Gasteiger partial charge in [0, 0.05) is 11.5 Å². The molecule has 7 nitrogen and oxygen atoms in total. The van der Waals surface area contributed by atoms with E-state index in [1.54, 1.807) is 6.07 Å². The van der Waals surface area contributed by atoms with Crippen molar-refractivity contribution in [2.45, 2.75) is 52.7 Å². The van der Waals surface area contributed by atoms with Crippen molar-refractivity contribution in [2.24, 2.45) is 5.92 Å². The summed E-state index contributed by atoms with van der Waals surface area (Å²) in [5, 5.41) is 11.2. The fourth-order valence-electron chi connectivity index (χ4n) is 2.33. The molecule has 0 saturated carbocycles. The zero-order valence-corrected chi connectivity index (χ0v) is 15.1. The Morgan fingerprint density at radius 3 is 2.25 bits per heavy atom. The van der Waals surface area contributed by atoms with Gasteiger partial charge in [-0.25, -0.2) is 0 Å². The number of ether oxygens (including phenoxy) is 1. The van der Waals surface area contributed by atoms with Gasteiger partial charge in [-0.05, 0) is 33.6 Å². The van der Waals surface area contributed by atoms with Crippen LogP contribution in [0.1, 0.15) is 41.5 Å². The minimum Gasteiger partial charge on any atom is -0.491 e. The Bertz CT molecular complexity index is 630. The zero-order valence-electron chi connectivity index (χ0n) is 15.1. The van der Waals surface area contributed by atoms with E-state index in [1.807, 2.05) is 41.5 Å². The van der Waals surface area contributed by atoms with Crippen LogP contribution in [0, 0.1) is 16.0 Å². The highest BCUT2D eigenvalue weighted by Gasteiger charge is 2.52. The first-order valence-corrected chi connectivity index (χ1v) is 8.01. The predicted octanol–water partition coefficient (Wildman–Crippen LogP) is 2.51. The van der Waals surface area contributed by atoms with Gasteiger partial charge in [0.15, 0.2) is 5.69 Å². The Balaban J connectivity index is 2.46. The monoisotopic (exact) mass is 336 g/mol. The minimum atomic E-state index is -0.694. The first-order valence-electron chi connectivity index (χ1n) is 8.01. The summed E-state index contributed by atoms with van der Waals surface area (Å²) in [7, 11) is -0.694. The Hall–Kier alpha value is -1.80. The highest BCUT2D eigenvalue weighted by molar-refractivity contribution is 6.63. The van der Waals surface area contributed by atoms with Crippen LogP contribution in [0.4, 0.5) is 11.4 Å². The Morgan fingerprint density at radius 2 is 1.79 bits per heavy atom. The third-order valence-electron chi connectivity index (χ3n) is 4.47. The van der Waals surface area contributed by atoms with Gasteiger partial charge in [-0.15, -0.1) is 0 Å². The van der Waals surface area contributed by atoms with Crippen molar-refractivity contribution < 1.29 is 19.0 Å². The largest absolute Gasteiger partial charge is 0.498 e. The molecule has 1 heterocycles. The molecule has 1 aliphatic rings. The van der Waals surface area contributed by atoms with E-state index >= 15 is 0 Å². The zero-order chi connectivity index (χ0) is 18.3. The minimum absolute atomic E-state index is 0.00661. The summed E-state index contributed by atoms with van der Waals surface area (Å²) in [5.41, 5.74) is 5.32. The topological polar surface area (TPSA) is 96.8 Å². The number of hydrogen-bond donors (Lipinski definition) is 1. The van der Waals surface area contributed by atoms with Crippen LogP contribution in [0.3, 0.4) is 0 Å². The van der Waals surface area contributed by atoms with Crippen molar-refractivity contribution in [1.82, 2.24) is 0 Å². The maximum absolute atomic E-state index is 11.2. The van der Waals surface area contributed by atoms with Crippen molar-refractivity contribution in [2.75, 3.05) is 12.3 Å². The van der Waals surface area contributed by atoms with Crippen molar-refractivity contribution in [3.8, 4) is 5.75 Å². The SMILES string of the molecule is CC(C)COc1c(B2OC(C)(C)C(C)(C)O2)ccc([N+](=O)[O-])c1N. The van der Waals surface area contributed by atoms with E-state index in [0.29, 0.717) is 12.1 Å². The van der Waals surface area contributed by atoms with E-state index in [1.165, 1.54) is 6.07 Å². The summed E-state index contributed by atoms with van der Waals surface area (Å²) in [6.45, 7) is 12.1. The summed E-state index contributed by atoms with van der Waals surface area (Å²) in [4.78, 5) is 10.6. The van der Waals surface area contributed by atoms with Crippen LogP contribution in [0.25, 0.3) is 0 Å². The smallest absolute Gasteiger partial charge is 0.491 e. The van der Waals surface area contributed by atoms with Crippen LogP contribution in [-0.4, -0.2) is 29.9 Å². The maximum atomic E-state index is 11.2. The second-order valence-electron chi connectivity index (χ2n) is 7.47. The van der Waals surface area contributed by atoms with E-state index in [9.17, 15) is 10.1 Å². The Morgan fingerprint density at radius 1 is 1.25 bits per heavy atom. The average molecular weight is 336 g/mol. The van der Waals surface area contributed by atoms with Crippen LogP contribution in [0.15, 0.2) is 12.1 Å². The molecule has 0 aromatic heterocycles. The molecule has 1 aromatic rings. The molecule has 2 rings (SSSR count). The van der Waals surface area contributed by atoms with Crippen LogP contribution in [0.5, 0.6) is 5.75 Å². The van der Waals surface area contributed by atoms with E-state index in [2.05, 4.69) is 0 Å². The standard InChI is InChI=1S/C16H25BN2O5/c1-10(2)9-22-14-11(7-8-12(13(14)18)19(20)21)17-23-15(3,4)16(5,6)24-17/h7-8,10H,9,18H2,1-6H3. The molecule has 1 aliphatic heterocycles. The second-order valence-corrected chi connectivity index (χ2v) is 7.47. The summed E-state index contributed by atoms with van der Waals surface area (Å²) >= 11 is 0. The lowest BCUT2D eigenvalue weighted by molar-refractivity contribution is -0.383. The van der Waals surface area contributed by atoms with Gasteiger partial charge < -0.3 is 19.8 Å². The van der Waals surface area contributed by atoms with Gasteiger partial charge in [0.2, 0.25) is 0 Å². The molecular weight excluding hydrogens is 311 g/mol. The number of nitro benzene ring substituents is 1. The molecule has 132 valence electrons. The number of anilines is 1. The van der Waals surface area contributed by atoms with Crippen LogP contribution in [0.2, 0.25) is 0 Å². The molecule has 1 fully saturated rings. The first-order chi connectivity index (χ1) is 11.0. The fraction of sp³-hybridized carbons (Fsp3) is 0.625. The van der Waals surface area contributed by atoms with E-state index in [0.717, 1.165) is 0 Å². The molecule has 0 radical (unpaired) electrons. The second kappa shape index (κ2) is 6.25. The Kier molecular flexibility index (Phi) is 4.83. The summed E-state index contributed by atoms with van der Waals surface area (Å²) < 4.78 is 17.8. The van der Waals surface area contributed by atoms with Gasteiger partial charge in [-0.3, -0.25) is 10.1 Å². The van der Waals surface area contributed by atoms with Crippen LogP contribution < -0.4 is 15.9 Å². The number of hydrogen-bond acceptors (Lipinski definition) is 6. The molecule has 1 saturated heterocycles. The van der Waals surface area contributed by atoms with Crippen molar-refractivity contribution >= 4 is 24.0 Å². The lowest BCUT2D eigenvalue weighted by Gasteiger charge is -2.32. The maximum Gasteiger partial charge on any atom is 0.498 e. The van der Waals surface area contributed by atoms with Gasteiger partial charge in [-0.2, -0.15) is 0 Å². The number of rotatable bonds is 5. The summed E-state index contributed by atoms with van der Waals surface area (Å²) in [6, 6.07) is 2.95. The number of benzene rings is 1. The quantitative estimate of drug-likeness (QED) is 0.384. The summed E-state index contributed by atoms with van der Waals surface area (Å²) in [6.07, 6.45) is 0. The molecule has 0 atom stereocenters. The third-order valence-corrected chi connectivity index (χ3v) is 4.47. The van der Waals surface area contributed by atoms with Gasteiger partial charge in [0.05, 0.1) is 22.7 Å². The molecule has 8 heteroatoms. The van der Waals surface area contributed by atoms with Crippen molar-refractivity contribution in [3.63, 3.8) is 0 Å². The van der Waals surface area contributed by atoms with Gasteiger partial charge >= 0.3 is 7.12 Å².